The van der Waals surface area contributed by atoms with Crippen LogP contribution in [0.1, 0.15) is 15.9 Å². The van der Waals surface area contributed by atoms with Crippen molar-refractivity contribution in [1.29, 1.82) is 0 Å². The topological polar surface area (TPSA) is 143 Å². The second kappa shape index (κ2) is 12.6. The van der Waals surface area contributed by atoms with E-state index in [0.717, 1.165) is 44.4 Å². The molecule has 12 heteroatoms. The number of furan rings is 1. The Morgan fingerprint density at radius 1 is 0.841 bits per heavy atom. The van der Waals surface area contributed by atoms with Crippen LogP contribution in [0.15, 0.2) is 108 Å². The van der Waals surface area contributed by atoms with E-state index in [-0.39, 0.29) is 5.91 Å². The third kappa shape index (κ3) is 6.82. The first-order chi connectivity index (χ1) is 21.1. The first-order valence-corrected chi connectivity index (χ1v) is 13.1. The van der Waals surface area contributed by atoms with Crippen molar-refractivity contribution >= 4 is 51.0 Å². The van der Waals surface area contributed by atoms with Crippen molar-refractivity contribution < 1.29 is 32.3 Å². The summed E-state index contributed by atoms with van der Waals surface area (Å²) in [5.41, 5.74) is 12.0. The van der Waals surface area contributed by atoms with Gasteiger partial charge in [-0.15, -0.1) is 0 Å². The maximum absolute atomic E-state index is 12.5. The zero-order valence-corrected chi connectivity index (χ0v) is 22.8. The number of carboxylic acid groups (broad SMARTS) is 1. The van der Waals surface area contributed by atoms with Crippen molar-refractivity contribution in [2.75, 3.05) is 10.6 Å². The lowest BCUT2D eigenvalue weighted by Crippen LogP contribution is -2.21. The van der Waals surface area contributed by atoms with Crippen molar-refractivity contribution in [2.45, 2.75) is 12.7 Å². The monoisotopic (exact) mass is 599 g/mol. The van der Waals surface area contributed by atoms with Crippen molar-refractivity contribution in [1.82, 2.24) is 9.97 Å². The van der Waals surface area contributed by atoms with Crippen molar-refractivity contribution in [2.24, 2.45) is 5.73 Å². The standard InChI is InChI=1S/C30H23N5O2.C2HF3O2/c31-17-19-8-10-20(11-9-19)30(36)35-22-14-12-21(13-15-22)34-28-16-26(32-18-33-28)25-6-3-5-24-23-4-1-2-7-27(23)37-29(24)25;3-2(4,5)1(6)7/h1-16,18H,17,31H2,(H,35,36)(H,32,33,34);(H,6,7). The average molecular weight is 600 g/mol. The third-order valence-corrected chi connectivity index (χ3v) is 6.46. The highest BCUT2D eigenvalue weighted by Crippen LogP contribution is 2.35. The minimum Gasteiger partial charge on any atom is -0.475 e. The van der Waals surface area contributed by atoms with Crippen molar-refractivity contribution in [3.63, 3.8) is 0 Å². The predicted molar refractivity (Wildman–Crippen MR) is 160 cm³/mol. The Hall–Kier alpha value is -5.75. The zero-order valence-electron chi connectivity index (χ0n) is 22.8. The van der Waals surface area contributed by atoms with Gasteiger partial charge in [0.2, 0.25) is 0 Å². The number of hydrogen-bond acceptors (Lipinski definition) is 7. The summed E-state index contributed by atoms with van der Waals surface area (Å²) in [6, 6.07) is 30.6. The molecule has 0 bridgehead atoms. The number of amides is 1. The van der Waals surface area contributed by atoms with Gasteiger partial charge < -0.3 is 25.9 Å². The van der Waals surface area contributed by atoms with E-state index in [4.69, 9.17) is 20.1 Å². The largest absolute Gasteiger partial charge is 0.490 e. The summed E-state index contributed by atoms with van der Waals surface area (Å²) < 4.78 is 37.9. The summed E-state index contributed by atoms with van der Waals surface area (Å²) in [5, 5.41) is 15.5. The summed E-state index contributed by atoms with van der Waals surface area (Å²) in [7, 11) is 0. The quantitative estimate of drug-likeness (QED) is 0.158. The number of para-hydroxylation sites is 2. The normalized spacial score (nSPS) is 11.1. The van der Waals surface area contributed by atoms with E-state index in [1.165, 1.54) is 6.33 Å². The van der Waals surface area contributed by atoms with Gasteiger partial charge >= 0.3 is 12.1 Å². The Balaban J connectivity index is 0.000000493. The molecule has 4 aromatic carbocycles. The Kier molecular flexibility index (Phi) is 8.54. The molecule has 2 heterocycles. The molecule has 0 aliphatic rings. The zero-order chi connectivity index (χ0) is 31.3. The molecule has 0 aliphatic carbocycles. The van der Waals surface area contributed by atoms with E-state index in [2.05, 4.69) is 32.7 Å². The van der Waals surface area contributed by atoms with E-state index in [9.17, 15) is 18.0 Å². The molecule has 0 saturated carbocycles. The van der Waals surface area contributed by atoms with Crippen LogP contribution in [-0.4, -0.2) is 33.1 Å². The van der Waals surface area contributed by atoms with E-state index in [1.54, 1.807) is 12.1 Å². The summed E-state index contributed by atoms with van der Waals surface area (Å²) in [4.78, 5) is 30.3. The number of fused-ring (bicyclic) bond motifs is 3. The summed E-state index contributed by atoms with van der Waals surface area (Å²) in [5.74, 6) is -2.29. The number of nitrogens with one attached hydrogen (secondary N) is 2. The SMILES string of the molecule is NCc1ccc(C(=O)Nc2ccc(Nc3cc(-c4cccc5c4oc4ccccc45)ncn3)cc2)cc1.O=C(O)C(F)(F)F. The molecule has 0 radical (unpaired) electrons. The third-order valence-electron chi connectivity index (χ3n) is 6.46. The number of benzene rings is 4. The summed E-state index contributed by atoms with van der Waals surface area (Å²) in [6.45, 7) is 0.444. The molecule has 1 amide bonds. The molecule has 0 fully saturated rings. The molecule has 44 heavy (non-hydrogen) atoms. The average Bonchev–Trinajstić information content (AvgIpc) is 3.41. The van der Waals surface area contributed by atoms with Gasteiger partial charge in [0.25, 0.3) is 5.91 Å². The molecule has 0 atom stereocenters. The van der Waals surface area contributed by atoms with Crippen LogP contribution >= 0.6 is 0 Å². The first kappa shape index (κ1) is 29.7. The Bertz CT molecular complexity index is 1940. The number of nitrogens with two attached hydrogens (primary N) is 1. The van der Waals surface area contributed by atoms with Gasteiger partial charge in [-0.25, -0.2) is 14.8 Å². The summed E-state index contributed by atoms with van der Waals surface area (Å²) in [6.07, 6.45) is -3.55. The number of aliphatic carboxylic acids is 1. The maximum Gasteiger partial charge on any atom is 0.490 e. The number of carbonyl (C=O) groups excluding carboxylic acids is 1. The van der Waals surface area contributed by atoms with E-state index >= 15 is 0 Å². The fourth-order valence-corrected chi connectivity index (χ4v) is 4.30. The lowest BCUT2D eigenvalue weighted by atomic mass is 10.1. The highest BCUT2D eigenvalue weighted by molar-refractivity contribution is 6.09. The molecule has 9 nitrogen and oxygen atoms in total. The van der Waals surface area contributed by atoms with Gasteiger partial charge in [-0.05, 0) is 54.1 Å². The molecule has 5 N–H and O–H groups in total. The predicted octanol–water partition coefficient (Wildman–Crippen LogP) is 7.13. The number of carboxylic acids is 1. The molecule has 2 aromatic heterocycles. The first-order valence-electron chi connectivity index (χ1n) is 13.1. The molecule has 6 rings (SSSR count). The van der Waals surface area contributed by atoms with Gasteiger partial charge in [0.1, 0.15) is 23.3 Å². The number of halogens is 3. The van der Waals surface area contributed by atoms with Crippen LogP contribution in [0, 0.1) is 0 Å². The number of nitrogens with zero attached hydrogens (tertiary/aromatic N) is 2. The molecule has 6 aromatic rings. The van der Waals surface area contributed by atoms with Crippen LogP contribution < -0.4 is 16.4 Å². The van der Waals surface area contributed by atoms with E-state index in [0.29, 0.717) is 23.6 Å². The number of anilines is 3. The Morgan fingerprint density at radius 2 is 1.50 bits per heavy atom. The second-order valence-electron chi connectivity index (χ2n) is 9.43. The second-order valence-corrected chi connectivity index (χ2v) is 9.43. The van der Waals surface area contributed by atoms with Crippen LogP contribution in [0.5, 0.6) is 0 Å². The minimum absolute atomic E-state index is 0.176. The number of alkyl halides is 3. The minimum atomic E-state index is -5.08. The molecule has 0 unspecified atom stereocenters. The molecule has 0 aliphatic heterocycles. The number of aromatic nitrogens is 2. The maximum atomic E-state index is 12.5. The molecule has 222 valence electrons. The van der Waals surface area contributed by atoms with Gasteiger partial charge in [0.05, 0.1) is 5.69 Å². The molecular weight excluding hydrogens is 575 g/mol. The van der Waals surface area contributed by atoms with Crippen LogP contribution in [0.3, 0.4) is 0 Å². The highest BCUT2D eigenvalue weighted by Gasteiger charge is 2.38. The molecule has 0 saturated heterocycles. The lowest BCUT2D eigenvalue weighted by Gasteiger charge is -2.09. The van der Waals surface area contributed by atoms with Gasteiger partial charge in [-0.3, -0.25) is 4.79 Å². The fourth-order valence-electron chi connectivity index (χ4n) is 4.30. The Morgan fingerprint density at radius 3 is 2.18 bits per heavy atom. The smallest absolute Gasteiger partial charge is 0.475 e. The number of hydrogen-bond donors (Lipinski definition) is 4. The van der Waals surface area contributed by atoms with Gasteiger partial charge in [-0.2, -0.15) is 13.2 Å². The van der Waals surface area contributed by atoms with Crippen LogP contribution in [0.25, 0.3) is 33.2 Å². The van der Waals surface area contributed by atoms with E-state index in [1.807, 2.05) is 72.8 Å². The Labute approximate surface area is 248 Å². The van der Waals surface area contributed by atoms with Gasteiger partial charge in [0.15, 0.2) is 0 Å². The number of rotatable bonds is 6. The fraction of sp³-hybridized carbons (Fsp3) is 0.0625. The van der Waals surface area contributed by atoms with Crippen molar-refractivity contribution in [3.05, 3.63) is 115 Å². The molecule has 0 spiro atoms. The highest BCUT2D eigenvalue weighted by atomic mass is 19.4. The lowest BCUT2D eigenvalue weighted by molar-refractivity contribution is -0.192. The molecular formula is C32H24F3N5O4. The van der Waals surface area contributed by atoms with Crippen LogP contribution in [0.2, 0.25) is 0 Å². The van der Waals surface area contributed by atoms with Crippen molar-refractivity contribution in [3.8, 4) is 11.3 Å². The van der Waals surface area contributed by atoms with Gasteiger partial charge in [-0.1, -0.05) is 42.5 Å². The van der Waals surface area contributed by atoms with Crippen LogP contribution in [-0.2, 0) is 11.3 Å². The summed E-state index contributed by atoms with van der Waals surface area (Å²) >= 11 is 0. The van der Waals surface area contributed by atoms with Gasteiger partial charge in [0, 0.05) is 45.9 Å². The van der Waals surface area contributed by atoms with E-state index < -0.39 is 12.1 Å². The number of carbonyl (C=O) groups is 2. The van der Waals surface area contributed by atoms with Crippen LogP contribution in [0.4, 0.5) is 30.4 Å².